The average molecular weight is 179 g/mol. The fourth-order valence-corrected chi connectivity index (χ4v) is 3.42. The van der Waals surface area contributed by atoms with Crippen molar-refractivity contribution in [3.05, 3.63) is 21.4 Å². The van der Waals surface area contributed by atoms with Gasteiger partial charge < -0.3 is 5.32 Å². The van der Waals surface area contributed by atoms with Gasteiger partial charge in [0.25, 0.3) is 0 Å². The first-order valence-electron chi connectivity index (χ1n) is 4.78. The Labute approximate surface area is 76.8 Å². The van der Waals surface area contributed by atoms with E-state index >= 15 is 0 Å². The Hall–Kier alpha value is -0.340. The van der Waals surface area contributed by atoms with Gasteiger partial charge in [-0.05, 0) is 43.9 Å². The maximum absolute atomic E-state index is 3.46. The molecular weight excluding hydrogens is 166 g/mol. The molecule has 1 aromatic heterocycles. The first-order chi connectivity index (χ1) is 5.93. The quantitative estimate of drug-likeness (QED) is 0.697. The summed E-state index contributed by atoms with van der Waals surface area (Å²) in [4.78, 5) is 3.25. The third kappa shape index (κ3) is 0.947. The van der Waals surface area contributed by atoms with Crippen molar-refractivity contribution in [2.45, 2.75) is 31.7 Å². The van der Waals surface area contributed by atoms with Gasteiger partial charge in [0.15, 0.2) is 0 Å². The molecule has 1 aliphatic carbocycles. The molecule has 3 rings (SSSR count). The lowest BCUT2D eigenvalue weighted by Gasteiger charge is -2.26. The lowest BCUT2D eigenvalue weighted by atomic mass is 10.1. The van der Waals surface area contributed by atoms with Gasteiger partial charge in [-0.25, -0.2) is 0 Å². The fourth-order valence-electron chi connectivity index (χ4n) is 2.06. The molecule has 1 N–H and O–H groups in total. The molecule has 1 unspecified atom stereocenters. The first-order valence-corrected chi connectivity index (χ1v) is 5.60. The van der Waals surface area contributed by atoms with E-state index in [2.05, 4.69) is 11.4 Å². The minimum atomic E-state index is 0.709. The Morgan fingerprint density at radius 3 is 3.00 bits per heavy atom. The van der Waals surface area contributed by atoms with E-state index in [1.54, 1.807) is 15.3 Å². The third-order valence-electron chi connectivity index (χ3n) is 2.93. The van der Waals surface area contributed by atoms with E-state index < -0.39 is 0 Å². The summed E-state index contributed by atoms with van der Waals surface area (Å²) >= 11 is 2.04. The molecule has 0 aromatic carbocycles. The molecule has 0 spiro atoms. The maximum Gasteiger partial charge on any atom is 0.0427 e. The third-order valence-corrected chi connectivity index (χ3v) is 4.28. The highest BCUT2D eigenvalue weighted by Crippen LogP contribution is 2.36. The molecule has 2 aliphatic rings. The molecule has 0 radical (unpaired) electrons. The Kier molecular flexibility index (Phi) is 1.52. The summed E-state index contributed by atoms with van der Waals surface area (Å²) in [6.45, 7) is 1.22. The first kappa shape index (κ1) is 7.10. The van der Waals surface area contributed by atoms with Crippen LogP contribution in [0.1, 0.15) is 34.2 Å². The second-order valence-electron chi connectivity index (χ2n) is 3.75. The Balaban J connectivity index is 1.92. The van der Waals surface area contributed by atoms with Crippen molar-refractivity contribution >= 4 is 11.3 Å². The molecular formula is C10H13NS. The average Bonchev–Trinajstić information content (AvgIpc) is 2.40. The van der Waals surface area contributed by atoms with Gasteiger partial charge in [-0.2, -0.15) is 0 Å². The number of thiophene rings is 1. The van der Waals surface area contributed by atoms with Gasteiger partial charge in [-0.15, -0.1) is 11.3 Å². The van der Waals surface area contributed by atoms with Crippen LogP contribution in [0.3, 0.4) is 0 Å². The van der Waals surface area contributed by atoms with E-state index in [0.717, 1.165) is 0 Å². The largest absolute Gasteiger partial charge is 0.309 e. The van der Waals surface area contributed by atoms with Crippen LogP contribution >= 0.6 is 11.3 Å². The van der Waals surface area contributed by atoms with Crippen LogP contribution in [-0.4, -0.2) is 6.54 Å². The highest BCUT2D eigenvalue weighted by atomic mass is 32.1. The molecule has 1 fully saturated rings. The van der Waals surface area contributed by atoms with Gasteiger partial charge in [0, 0.05) is 15.8 Å². The lowest BCUT2D eigenvalue weighted by Crippen LogP contribution is -2.34. The summed E-state index contributed by atoms with van der Waals surface area (Å²) in [5.41, 5.74) is 1.64. The second-order valence-corrected chi connectivity index (χ2v) is 4.91. The second kappa shape index (κ2) is 2.57. The minimum absolute atomic E-state index is 0.709. The van der Waals surface area contributed by atoms with Crippen LogP contribution in [0.5, 0.6) is 0 Å². The van der Waals surface area contributed by atoms with Gasteiger partial charge in [-0.3, -0.25) is 0 Å². The van der Waals surface area contributed by atoms with Gasteiger partial charge in [-0.1, -0.05) is 0 Å². The molecule has 1 atom stereocenters. The van der Waals surface area contributed by atoms with E-state index in [9.17, 15) is 0 Å². The van der Waals surface area contributed by atoms with Crippen LogP contribution in [0.25, 0.3) is 0 Å². The maximum atomic E-state index is 3.46. The number of rotatable bonds is 1. The van der Waals surface area contributed by atoms with Crippen molar-refractivity contribution in [2.24, 2.45) is 0 Å². The van der Waals surface area contributed by atoms with E-state index in [1.165, 1.54) is 32.2 Å². The summed E-state index contributed by atoms with van der Waals surface area (Å²) in [6, 6.07) is 3.14. The van der Waals surface area contributed by atoms with E-state index in [1.807, 2.05) is 11.3 Å². The predicted molar refractivity (Wildman–Crippen MR) is 51.7 cm³/mol. The highest BCUT2D eigenvalue weighted by Gasteiger charge is 2.23. The van der Waals surface area contributed by atoms with Gasteiger partial charge in [0.1, 0.15) is 0 Å². The van der Waals surface area contributed by atoms with E-state index in [4.69, 9.17) is 0 Å². The van der Waals surface area contributed by atoms with Crippen molar-refractivity contribution < 1.29 is 0 Å². The number of hydrogen-bond acceptors (Lipinski definition) is 2. The van der Waals surface area contributed by atoms with Crippen LogP contribution in [-0.2, 0) is 12.8 Å². The Morgan fingerprint density at radius 1 is 1.42 bits per heavy atom. The summed E-state index contributed by atoms with van der Waals surface area (Å²) < 4.78 is 0. The Morgan fingerprint density at radius 2 is 2.33 bits per heavy atom. The fraction of sp³-hybridized carbons (Fsp3) is 0.600. The monoisotopic (exact) mass is 179 g/mol. The molecule has 2 heteroatoms. The van der Waals surface area contributed by atoms with Gasteiger partial charge in [0.05, 0.1) is 0 Å². The molecule has 1 aromatic rings. The Bertz CT molecular complexity index is 277. The van der Waals surface area contributed by atoms with Gasteiger partial charge in [0.2, 0.25) is 0 Å². The van der Waals surface area contributed by atoms with Crippen LogP contribution < -0.4 is 5.32 Å². The molecule has 1 nitrogen and oxygen atoms in total. The zero-order valence-corrected chi connectivity index (χ0v) is 7.91. The number of nitrogens with one attached hydrogen (secondary N) is 1. The SMILES string of the molecule is c1c(C2CCN2)sc2c1CCC2. The summed E-state index contributed by atoms with van der Waals surface area (Å²) in [6.07, 6.45) is 5.41. The topological polar surface area (TPSA) is 12.0 Å². The van der Waals surface area contributed by atoms with E-state index in [-0.39, 0.29) is 0 Å². The van der Waals surface area contributed by atoms with Crippen LogP contribution in [0.2, 0.25) is 0 Å². The minimum Gasteiger partial charge on any atom is -0.309 e. The summed E-state index contributed by atoms with van der Waals surface area (Å²) in [5.74, 6) is 0. The zero-order chi connectivity index (χ0) is 7.97. The van der Waals surface area contributed by atoms with Crippen LogP contribution in [0.4, 0.5) is 0 Å². The molecule has 0 amide bonds. The number of aryl methyl sites for hydroxylation is 2. The predicted octanol–water partition coefficient (Wildman–Crippen LogP) is 2.27. The molecule has 1 saturated heterocycles. The van der Waals surface area contributed by atoms with Crippen molar-refractivity contribution in [2.75, 3.05) is 6.54 Å². The van der Waals surface area contributed by atoms with Crippen molar-refractivity contribution in [3.8, 4) is 0 Å². The molecule has 64 valence electrons. The molecule has 1 aliphatic heterocycles. The normalized spacial score (nSPS) is 26.8. The number of hydrogen-bond donors (Lipinski definition) is 1. The molecule has 0 bridgehead atoms. The van der Waals surface area contributed by atoms with E-state index in [0.29, 0.717) is 6.04 Å². The molecule has 0 saturated carbocycles. The zero-order valence-electron chi connectivity index (χ0n) is 7.10. The van der Waals surface area contributed by atoms with Crippen LogP contribution in [0, 0.1) is 0 Å². The number of fused-ring (bicyclic) bond motifs is 1. The summed E-state index contributed by atoms with van der Waals surface area (Å²) in [5, 5.41) is 3.46. The smallest absolute Gasteiger partial charge is 0.0427 e. The van der Waals surface area contributed by atoms with Crippen LogP contribution in [0.15, 0.2) is 6.07 Å². The lowest BCUT2D eigenvalue weighted by molar-refractivity contribution is 0.389. The standard InChI is InChI=1S/C10H13NS/c1-2-7-6-10(8-4-5-11-8)12-9(7)3-1/h6,8,11H,1-5H2. The highest BCUT2D eigenvalue weighted by molar-refractivity contribution is 7.12. The molecule has 2 heterocycles. The molecule has 12 heavy (non-hydrogen) atoms. The van der Waals surface area contributed by atoms with Crippen molar-refractivity contribution in [1.82, 2.24) is 5.32 Å². The van der Waals surface area contributed by atoms with Gasteiger partial charge >= 0.3 is 0 Å². The van der Waals surface area contributed by atoms with Crippen molar-refractivity contribution in [1.29, 1.82) is 0 Å². The summed E-state index contributed by atoms with van der Waals surface area (Å²) in [7, 11) is 0. The van der Waals surface area contributed by atoms with Crippen molar-refractivity contribution in [3.63, 3.8) is 0 Å².